The van der Waals surface area contributed by atoms with Crippen LogP contribution in [0.1, 0.15) is 20.3 Å². The van der Waals surface area contributed by atoms with E-state index in [0.29, 0.717) is 6.54 Å². The molecule has 1 rings (SSSR count). The van der Waals surface area contributed by atoms with E-state index in [1.54, 1.807) is 4.90 Å². The molecule has 1 atom stereocenters. The predicted octanol–water partition coefficient (Wildman–Crippen LogP) is 1.99. The number of aliphatic carboxylic acids is 1. The van der Waals surface area contributed by atoms with Crippen LogP contribution in [0.3, 0.4) is 0 Å². The number of hydrogen-bond donors (Lipinski definition) is 1. The minimum atomic E-state index is -2.73. The second kappa shape index (κ2) is 4.91. The van der Waals surface area contributed by atoms with Crippen molar-refractivity contribution in [3.63, 3.8) is 0 Å². The molecule has 1 unspecified atom stereocenters. The van der Waals surface area contributed by atoms with Crippen LogP contribution in [0.4, 0.5) is 8.78 Å². The molecule has 0 saturated carbocycles. The zero-order chi connectivity index (χ0) is 12.3. The molecule has 0 bridgehead atoms. The van der Waals surface area contributed by atoms with Crippen molar-refractivity contribution in [2.24, 2.45) is 5.92 Å². The van der Waals surface area contributed by atoms with Crippen molar-refractivity contribution in [3.8, 4) is 0 Å². The van der Waals surface area contributed by atoms with Crippen LogP contribution in [0, 0.1) is 5.92 Å². The van der Waals surface area contributed by atoms with Gasteiger partial charge in [-0.1, -0.05) is 6.08 Å². The molecule has 0 radical (unpaired) electrons. The van der Waals surface area contributed by atoms with Crippen molar-refractivity contribution in [1.82, 2.24) is 4.90 Å². The first-order valence-electron chi connectivity index (χ1n) is 5.33. The second-order valence-electron chi connectivity index (χ2n) is 4.54. The van der Waals surface area contributed by atoms with Gasteiger partial charge in [0.1, 0.15) is 0 Å². The highest BCUT2D eigenvalue weighted by atomic mass is 19.3. The number of rotatable bonds is 3. The molecule has 1 aliphatic rings. The smallest absolute Gasteiger partial charge is 0.327 e. The Balaban J connectivity index is 2.69. The summed E-state index contributed by atoms with van der Waals surface area (Å²) in [7, 11) is 0. The molecule has 1 heterocycles. The lowest BCUT2D eigenvalue weighted by Crippen LogP contribution is -2.49. The van der Waals surface area contributed by atoms with E-state index in [1.165, 1.54) is 6.08 Å². The van der Waals surface area contributed by atoms with Gasteiger partial charge in [0.15, 0.2) is 0 Å². The van der Waals surface area contributed by atoms with Crippen molar-refractivity contribution in [2.75, 3.05) is 13.1 Å². The molecule has 1 N–H and O–H groups in total. The molecule has 0 aromatic rings. The third-order valence-electron chi connectivity index (χ3n) is 2.71. The van der Waals surface area contributed by atoms with E-state index in [1.807, 2.05) is 13.8 Å². The first-order chi connectivity index (χ1) is 7.30. The monoisotopic (exact) mass is 233 g/mol. The van der Waals surface area contributed by atoms with Gasteiger partial charge in [-0.05, 0) is 19.8 Å². The van der Waals surface area contributed by atoms with Crippen LogP contribution in [-0.2, 0) is 4.79 Å². The lowest BCUT2D eigenvalue weighted by Gasteiger charge is -2.38. The minimum absolute atomic E-state index is 0.0481. The molecule has 1 aliphatic heterocycles. The van der Waals surface area contributed by atoms with Crippen LogP contribution < -0.4 is 0 Å². The standard InChI is InChI=1S/C11H17F2NO2/c1-8(2)14-6-9(3-4-10(15)16)5-11(12,13)7-14/h3-4,8-9H,5-7H2,1-2H3,(H,15,16)/b4-3+. The molecule has 1 saturated heterocycles. The molecule has 16 heavy (non-hydrogen) atoms. The Morgan fingerprint density at radius 2 is 2.19 bits per heavy atom. The lowest BCUT2D eigenvalue weighted by atomic mass is 9.94. The fourth-order valence-electron chi connectivity index (χ4n) is 1.92. The second-order valence-corrected chi connectivity index (χ2v) is 4.54. The van der Waals surface area contributed by atoms with Crippen LogP contribution in [-0.4, -0.2) is 41.0 Å². The van der Waals surface area contributed by atoms with Gasteiger partial charge in [0.25, 0.3) is 5.92 Å². The molecule has 0 aromatic carbocycles. The van der Waals surface area contributed by atoms with E-state index in [4.69, 9.17) is 5.11 Å². The fourth-order valence-corrected chi connectivity index (χ4v) is 1.92. The molecular formula is C11H17F2NO2. The summed E-state index contributed by atoms with van der Waals surface area (Å²) in [5.41, 5.74) is 0. The van der Waals surface area contributed by atoms with Gasteiger partial charge >= 0.3 is 5.97 Å². The molecule has 92 valence electrons. The number of alkyl halides is 2. The normalized spacial score (nSPS) is 26.4. The predicted molar refractivity (Wildman–Crippen MR) is 56.5 cm³/mol. The number of carboxylic acids is 1. The Morgan fingerprint density at radius 3 is 2.69 bits per heavy atom. The highest BCUT2D eigenvalue weighted by Crippen LogP contribution is 2.31. The average Bonchev–Trinajstić information content (AvgIpc) is 2.12. The van der Waals surface area contributed by atoms with E-state index in [-0.39, 0.29) is 24.9 Å². The van der Waals surface area contributed by atoms with Crippen LogP contribution in [0.25, 0.3) is 0 Å². The maximum absolute atomic E-state index is 13.4. The minimum Gasteiger partial charge on any atom is -0.478 e. The van der Waals surface area contributed by atoms with Gasteiger partial charge in [-0.25, -0.2) is 13.6 Å². The van der Waals surface area contributed by atoms with E-state index < -0.39 is 11.9 Å². The van der Waals surface area contributed by atoms with Gasteiger partial charge in [0.2, 0.25) is 0 Å². The van der Waals surface area contributed by atoms with Gasteiger partial charge in [-0.2, -0.15) is 0 Å². The lowest BCUT2D eigenvalue weighted by molar-refractivity contribution is -0.131. The Morgan fingerprint density at radius 1 is 1.56 bits per heavy atom. The highest BCUT2D eigenvalue weighted by molar-refractivity contribution is 5.79. The Labute approximate surface area is 93.7 Å². The van der Waals surface area contributed by atoms with E-state index in [0.717, 1.165) is 6.08 Å². The molecule has 0 aromatic heterocycles. The number of nitrogens with zero attached hydrogens (tertiary/aromatic N) is 1. The van der Waals surface area contributed by atoms with E-state index in [9.17, 15) is 13.6 Å². The number of likely N-dealkylation sites (tertiary alicyclic amines) is 1. The summed E-state index contributed by atoms with van der Waals surface area (Å²) < 4.78 is 26.7. The number of carbonyl (C=O) groups is 1. The largest absolute Gasteiger partial charge is 0.478 e. The summed E-state index contributed by atoms with van der Waals surface area (Å²) in [6, 6.07) is 0.0481. The molecular weight excluding hydrogens is 216 g/mol. The van der Waals surface area contributed by atoms with Crippen molar-refractivity contribution >= 4 is 5.97 Å². The number of halogens is 2. The maximum Gasteiger partial charge on any atom is 0.327 e. The average molecular weight is 233 g/mol. The molecule has 3 nitrogen and oxygen atoms in total. The van der Waals surface area contributed by atoms with Crippen LogP contribution in [0.15, 0.2) is 12.2 Å². The highest BCUT2D eigenvalue weighted by Gasteiger charge is 2.40. The zero-order valence-electron chi connectivity index (χ0n) is 9.49. The van der Waals surface area contributed by atoms with Crippen LogP contribution in [0.2, 0.25) is 0 Å². The van der Waals surface area contributed by atoms with Crippen molar-refractivity contribution in [1.29, 1.82) is 0 Å². The molecule has 0 amide bonds. The maximum atomic E-state index is 13.4. The summed E-state index contributed by atoms with van der Waals surface area (Å²) in [5, 5.41) is 8.46. The first-order valence-corrected chi connectivity index (χ1v) is 5.33. The van der Waals surface area contributed by atoms with E-state index in [2.05, 4.69) is 0 Å². The van der Waals surface area contributed by atoms with Crippen molar-refractivity contribution < 1.29 is 18.7 Å². The van der Waals surface area contributed by atoms with Gasteiger partial charge < -0.3 is 5.11 Å². The molecule has 1 fully saturated rings. The first kappa shape index (κ1) is 13.1. The van der Waals surface area contributed by atoms with Gasteiger partial charge in [0.05, 0.1) is 6.54 Å². The topological polar surface area (TPSA) is 40.5 Å². The van der Waals surface area contributed by atoms with Crippen molar-refractivity contribution in [3.05, 3.63) is 12.2 Å². The van der Waals surface area contributed by atoms with Crippen LogP contribution >= 0.6 is 0 Å². The molecule has 0 spiro atoms. The Bertz CT molecular complexity index is 290. The van der Waals surface area contributed by atoms with Crippen LogP contribution in [0.5, 0.6) is 0 Å². The third kappa shape index (κ3) is 3.89. The quantitative estimate of drug-likeness (QED) is 0.758. The Hall–Kier alpha value is -0.970. The third-order valence-corrected chi connectivity index (χ3v) is 2.71. The summed E-state index contributed by atoms with van der Waals surface area (Å²) in [6.07, 6.45) is 2.05. The molecule has 0 aliphatic carbocycles. The summed E-state index contributed by atoms with van der Waals surface area (Å²) in [4.78, 5) is 12.0. The summed E-state index contributed by atoms with van der Waals surface area (Å²) in [5.74, 6) is -4.21. The van der Waals surface area contributed by atoms with E-state index >= 15 is 0 Å². The van der Waals surface area contributed by atoms with Gasteiger partial charge in [0, 0.05) is 25.1 Å². The number of hydrogen-bond acceptors (Lipinski definition) is 2. The summed E-state index contributed by atoms with van der Waals surface area (Å²) in [6.45, 7) is 3.98. The van der Waals surface area contributed by atoms with Crippen molar-refractivity contribution in [2.45, 2.75) is 32.2 Å². The van der Waals surface area contributed by atoms with Gasteiger partial charge in [-0.3, -0.25) is 4.90 Å². The number of carboxylic acid groups (broad SMARTS) is 1. The summed E-state index contributed by atoms with van der Waals surface area (Å²) >= 11 is 0. The van der Waals surface area contributed by atoms with Gasteiger partial charge in [-0.15, -0.1) is 0 Å². The molecule has 5 heteroatoms. The SMILES string of the molecule is CC(C)N1CC(/C=C/C(=O)O)CC(F)(F)C1. The fraction of sp³-hybridized carbons (Fsp3) is 0.727. The number of piperidine rings is 1. The zero-order valence-corrected chi connectivity index (χ0v) is 9.49. The Kier molecular flexibility index (Phi) is 4.02.